The highest BCUT2D eigenvalue weighted by Gasteiger charge is 2.16. The molecule has 0 fully saturated rings. The number of anilines is 2. The number of hydrogen-bond donors (Lipinski definition) is 2. The van der Waals surface area contributed by atoms with Crippen LogP contribution in [-0.2, 0) is 25.6 Å². The molecule has 8 nitrogen and oxygen atoms in total. The van der Waals surface area contributed by atoms with Gasteiger partial charge >= 0.3 is 0 Å². The highest BCUT2D eigenvalue weighted by molar-refractivity contribution is 7.92. The summed E-state index contributed by atoms with van der Waals surface area (Å²) in [6, 6.07) is 18.9. The molecule has 3 aromatic carbocycles. The van der Waals surface area contributed by atoms with Crippen LogP contribution < -0.4 is 14.8 Å². The van der Waals surface area contributed by atoms with Gasteiger partial charge in [0, 0.05) is 11.3 Å². The number of carbonyl (C=O) groups is 1. The van der Waals surface area contributed by atoms with E-state index in [4.69, 9.17) is 4.74 Å². The maximum absolute atomic E-state index is 12.6. The van der Waals surface area contributed by atoms with Crippen LogP contribution in [0.4, 0.5) is 11.4 Å². The second kappa shape index (κ2) is 9.41. The van der Waals surface area contributed by atoms with Crippen molar-refractivity contribution in [3.63, 3.8) is 0 Å². The first kappa shape index (κ1) is 23.3. The highest BCUT2D eigenvalue weighted by atomic mass is 32.2. The second-order valence-corrected chi connectivity index (χ2v) is 10.8. The Morgan fingerprint density at radius 2 is 1.56 bits per heavy atom. The van der Waals surface area contributed by atoms with Crippen LogP contribution >= 0.6 is 0 Å². The molecule has 0 atom stereocenters. The lowest BCUT2D eigenvalue weighted by molar-refractivity contribution is 0.102. The van der Waals surface area contributed by atoms with Gasteiger partial charge < -0.3 is 10.1 Å². The Morgan fingerprint density at radius 1 is 0.906 bits per heavy atom. The smallest absolute Gasteiger partial charge is 0.255 e. The molecule has 1 amide bonds. The maximum Gasteiger partial charge on any atom is 0.255 e. The second-order valence-electron chi connectivity index (χ2n) is 7.01. The van der Waals surface area contributed by atoms with E-state index in [-0.39, 0.29) is 16.3 Å². The Balaban J connectivity index is 1.73. The van der Waals surface area contributed by atoms with Gasteiger partial charge in [-0.15, -0.1) is 0 Å². The molecule has 3 rings (SSSR count). The van der Waals surface area contributed by atoms with Crippen LogP contribution in [0.1, 0.15) is 15.9 Å². The van der Waals surface area contributed by atoms with Crippen molar-refractivity contribution in [2.24, 2.45) is 0 Å². The molecule has 0 aliphatic heterocycles. The third kappa shape index (κ3) is 6.08. The van der Waals surface area contributed by atoms with Gasteiger partial charge in [0.1, 0.15) is 5.75 Å². The normalized spacial score (nSPS) is 11.6. The molecular formula is C22H22N2O6S2. The standard InChI is InChI=1S/C22H22N2O6S2/c1-30-21-13-12-18(14-20(21)24-31(2,26)27)23-22(25)17-10-8-16(9-11-17)15-32(28,29)19-6-4-3-5-7-19/h3-14,24H,15H2,1-2H3,(H,23,25). The van der Waals surface area contributed by atoms with E-state index in [0.29, 0.717) is 22.6 Å². The van der Waals surface area contributed by atoms with Gasteiger partial charge in [0.05, 0.1) is 29.7 Å². The van der Waals surface area contributed by atoms with E-state index < -0.39 is 25.8 Å². The molecule has 0 radical (unpaired) electrons. The molecule has 0 aromatic heterocycles. The third-order valence-corrected chi connectivity index (χ3v) is 6.72. The fourth-order valence-electron chi connectivity index (χ4n) is 2.95. The van der Waals surface area contributed by atoms with Gasteiger partial charge in [-0.05, 0) is 48.0 Å². The van der Waals surface area contributed by atoms with Crippen LogP contribution in [0.5, 0.6) is 5.75 Å². The number of amides is 1. The van der Waals surface area contributed by atoms with E-state index in [9.17, 15) is 21.6 Å². The lowest BCUT2D eigenvalue weighted by atomic mass is 10.1. The van der Waals surface area contributed by atoms with Crippen LogP contribution in [-0.4, -0.2) is 36.1 Å². The van der Waals surface area contributed by atoms with E-state index >= 15 is 0 Å². The molecule has 10 heteroatoms. The first-order chi connectivity index (χ1) is 15.1. The molecule has 0 bridgehead atoms. The predicted octanol–water partition coefficient (Wildman–Crippen LogP) is 3.29. The lowest BCUT2D eigenvalue weighted by Gasteiger charge is -2.12. The average molecular weight is 475 g/mol. The first-order valence-corrected chi connectivity index (χ1v) is 13.0. The van der Waals surface area contributed by atoms with E-state index in [1.54, 1.807) is 48.5 Å². The summed E-state index contributed by atoms with van der Waals surface area (Å²) >= 11 is 0. The van der Waals surface area contributed by atoms with Crippen molar-refractivity contribution in [2.75, 3.05) is 23.4 Å². The molecule has 3 aromatic rings. The zero-order valence-electron chi connectivity index (χ0n) is 17.4. The monoisotopic (exact) mass is 474 g/mol. The van der Waals surface area contributed by atoms with Gasteiger partial charge in [-0.25, -0.2) is 16.8 Å². The largest absolute Gasteiger partial charge is 0.495 e. The molecule has 168 valence electrons. The fraction of sp³-hybridized carbons (Fsp3) is 0.136. The number of carbonyl (C=O) groups excluding carboxylic acids is 1. The van der Waals surface area contributed by atoms with Gasteiger partial charge in [0.25, 0.3) is 5.91 Å². The van der Waals surface area contributed by atoms with Crippen LogP contribution in [0.25, 0.3) is 0 Å². The van der Waals surface area contributed by atoms with Crippen LogP contribution in [0.3, 0.4) is 0 Å². The Labute approximate surface area is 187 Å². The van der Waals surface area contributed by atoms with Crippen LogP contribution in [0.2, 0.25) is 0 Å². The molecule has 2 N–H and O–H groups in total. The summed E-state index contributed by atoms with van der Waals surface area (Å²) in [6.45, 7) is 0. The number of benzene rings is 3. The van der Waals surface area contributed by atoms with Gasteiger partial charge in [-0.1, -0.05) is 30.3 Å². The van der Waals surface area contributed by atoms with Crippen molar-refractivity contribution in [3.8, 4) is 5.75 Å². The van der Waals surface area contributed by atoms with Crippen molar-refractivity contribution < 1.29 is 26.4 Å². The summed E-state index contributed by atoms with van der Waals surface area (Å²) in [5, 5.41) is 2.68. The SMILES string of the molecule is COc1ccc(NC(=O)c2ccc(CS(=O)(=O)c3ccccc3)cc2)cc1NS(C)(=O)=O. The summed E-state index contributed by atoms with van der Waals surface area (Å²) in [7, 11) is -5.63. The molecule has 0 saturated heterocycles. The van der Waals surface area contributed by atoms with Crippen molar-refractivity contribution >= 4 is 37.1 Å². The van der Waals surface area contributed by atoms with E-state index in [2.05, 4.69) is 10.0 Å². The summed E-state index contributed by atoms with van der Waals surface area (Å²) < 4.78 is 55.6. The fourth-order valence-corrected chi connectivity index (χ4v) is 4.88. The molecule has 0 spiro atoms. The van der Waals surface area contributed by atoms with Gasteiger partial charge in [0.15, 0.2) is 9.84 Å². The predicted molar refractivity (Wildman–Crippen MR) is 123 cm³/mol. The number of hydrogen-bond acceptors (Lipinski definition) is 6. The van der Waals surface area contributed by atoms with E-state index in [1.807, 2.05) is 0 Å². The Kier molecular flexibility index (Phi) is 6.85. The average Bonchev–Trinajstić information content (AvgIpc) is 2.74. The Bertz CT molecular complexity index is 1320. The van der Waals surface area contributed by atoms with Crippen molar-refractivity contribution in [1.82, 2.24) is 0 Å². The number of ether oxygens (including phenoxy) is 1. The molecule has 0 aliphatic rings. The maximum atomic E-state index is 12.6. The van der Waals surface area contributed by atoms with E-state index in [0.717, 1.165) is 6.26 Å². The number of methoxy groups -OCH3 is 1. The van der Waals surface area contributed by atoms with Crippen molar-refractivity contribution in [3.05, 3.63) is 83.9 Å². The third-order valence-electron chi connectivity index (χ3n) is 4.43. The van der Waals surface area contributed by atoms with Crippen molar-refractivity contribution in [1.29, 1.82) is 0 Å². The number of sulfonamides is 1. The summed E-state index contributed by atoms with van der Waals surface area (Å²) in [4.78, 5) is 12.8. The summed E-state index contributed by atoms with van der Waals surface area (Å²) in [5.41, 5.74) is 1.42. The lowest BCUT2D eigenvalue weighted by Crippen LogP contribution is -2.14. The van der Waals surface area contributed by atoms with Gasteiger partial charge in [-0.2, -0.15) is 0 Å². The minimum Gasteiger partial charge on any atom is -0.495 e. The molecule has 0 heterocycles. The van der Waals surface area contributed by atoms with Gasteiger partial charge in [-0.3, -0.25) is 9.52 Å². The number of rotatable bonds is 8. The molecule has 0 unspecified atom stereocenters. The Morgan fingerprint density at radius 3 is 2.16 bits per heavy atom. The highest BCUT2D eigenvalue weighted by Crippen LogP contribution is 2.29. The van der Waals surface area contributed by atoms with Crippen LogP contribution in [0, 0.1) is 0 Å². The number of nitrogens with one attached hydrogen (secondary N) is 2. The molecule has 32 heavy (non-hydrogen) atoms. The molecular weight excluding hydrogens is 452 g/mol. The van der Waals surface area contributed by atoms with Crippen molar-refractivity contribution in [2.45, 2.75) is 10.6 Å². The topological polar surface area (TPSA) is 119 Å². The summed E-state index contributed by atoms with van der Waals surface area (Å²) in [5.74, 6) is -0.312. The molecule has 0 aliphatic carbocycles. The van der Waals surface area contributed by atoms with E-state index in [1.165, 1.54) is 31.4 Å². The minimum absolute atomic E-state index is 0.183. The molecule has 0 saturated carbocycles. The first-order valence-electron chi connectivity index (χ1n) is 9.41. The Hall–Kier alpha value is -3.37. The zero-order chi connectivity index (χ0) is 23.4. The number of sulfone groups is 1. The van der Waals surface area contributed by atoms with Crippen LogP contribution in [0.15, 0.2) is 77.7 Å². The summed E-state index contributed by atoms with van der Waals surface area (Å²) in [6.07, 6.45) is 1.01. The van der Waals surface area contributed by atoms with Gasteiger partial charge in [0.2, 0.25) is 10.0 Å². The zero-order valence-corrected chi connectivity index (χ0v) is 19.0. The quantitative estimate of drug-likeness (QED) is 0.517. The minimum atomic E-state index is -3.54.